The Balaban J connectivity index is 2.10. The normalized spacial score (nSPS) is 24.4. The van der Waals surface area contributed by atoms with Gasteiger partial charge in [-0.1, -0.05) is 19.1 Å². The maximum atomic E-state index is 13.8. The number of aliphatic hydroxyl groups is 1. The molecule has 0 aliphatic carbocycles. The van der Waals surface area contributed by atoms with Gasteiger partial charge in [-0.15, -0.1) is 0 Å². The fourth-order valence-electron chi connectivity index (χ4n) is 2.45. The summed E-state index contributed by atoms with van der Waals surface area (Å²) in [5, 5.41) is 9.70. The van der Waals surface area contributed by atoms with Crippen LogP contribution >= 0.6 is 12.2 Å². The molecule has 0 aromatic heterocycles. The number of nitrogens with two attached hydrogens (primary N) is 1. The number of hydrogen-bond donors (Lipinski definition) is 2. The fraction of sp³-hybridized carbons (Fsp3) is 0.500. The van der Waals surface area contributed by atoms with Crippen molar-refractivity contribution in [1.82, 2.24) is 4.90 Å². The molecule has 1 aromatic rings. The van der Waals surface area contributed by atoms with Crippen molar-refractivity contribution in [3.8, 4) is 0 Å². The van der Waals surface area contributed by atoms with Gasteiger partial charge in [0, 0.05) is 30.8 Å². The van der Waals surface area contributed by atoms with Gasteiger partial charge >= 0.3 is 0 Å². The van der Waals surface area contributed by atoms with Gasteiger partial charge in [-0.25, -0.2) is 4.39 Å². The first kappa shape index (κ1) is 14.4. The van der Waals surface area contributed by atoms with E-state index in [-0.39, 0.29) is 22.8 Å². The van der Waals surface area contributed by atoms with E-state index >= 15 is 0 Å². The van der Waals surface area contributed by atoms with Crippen LogP contribution in [0, 0.1) is 11.7 Å². The Kier molecular flexibility index (Phi) is 4.50. The molecule has 5 heteroatoms. The van der Waals surface area contributed by atoms with Crippen LogP contribution < -0.4 is 5.73 Å². The molecular formula is C14H19FN2OS. The Labute approximate surface area is 118 Å². The quantitative estimate of drug-likeness (QED) is 0.828. The summed E-state index contributed by atoms with van der Waals surface area (Å²) in [6, 6.07) is 4.73. The number of hydrogen-bond acceptors (Lipinski definition) is 3. The number of nitrogens with zero attached hydrogens (tertiary/aromatic N) is 1. The Bertz CT molecular complexity index is 481. The standard InChI is InChI=1S/C14H19FN2OS/c1-9-7-17(5-4-13(9)18)8-11-6-10(14(16)19)2-3-12(11)15/h2-3,6,9,13,18H,4-5,7-8H2,1H3,(H2,16,19). The molecule has 0 saturated carbocycles. The highest BCUT2D eigenvalue weighted by atomic mass is 32.1. The molecule has 0 radical (unpaired) electrons. The first-order chi connectivity index (χ1) is 8.97. The van der Waals surface area contributed by atoms with E-state index in [4.69, 9.17) is 18.0 Å². The molecule has 104 valence electrons. The van der Waals surface area contributed by atoms with E-state index in [0.717, 1.165) is 19.5 Å². The second kappa shape index (κ2) is 5.94. The van der Waals surface area contributed by atoms with Gasteiger partial charge in [-0.3, -0.25) is 4.90 Å². The van der Waals surface area contributed by atoms with Gasteiger partial charge in [-0.2, -0.15) is 0 Å². The molecule has 1 aliphatic rings. The molecule has 1 aromatic carbocycles. The van der Waals surface area contributed by atoms with E-state index in [1.54, 1.807) is 12.1 Å². The zero-order valence-electron chi connectivity index (χ0n) is 11.0. The summed E-state index contributed by atoms with van der Waals surface area (Å²) in [5.74, 6) is -0.0191. The molecule has 2 atom stereocenters. The third-order valence-corrected chi connectivity index (χ3v) is 3.90. The number of benzene rings is 1. The van der Waals surface area contributed by atoms with E-state index in [2.05, 4.69) is 4.90 Å². The molecule has 3 nitrogen and oxygen atoms in total. The van der Waals surface area contributed by atoms with Gasteiger partial charge in [0.25, 0.3) is 0 Å². The molecule has 1 heterocycles. The second-order valence-corrected chi connectivity index (χ2v) is 5.68. The molecule has 1 aliphatic heterocycles. The van der Waals surface area contributed by atoms with E-state index < -0.39 is 0 Å². The summed E-state index contributed by atoms with van der Waals surface area (Å²) >= 11 is 4.91. The van der Waals surface area contributed by atoms with Crippen molar-refractivity contribution in [1.29, 1.82) is 0 Å². The highest BCUT2D eigenvalue weighted by Crippen LogP contribution is 2.20. The fourth-order valence-corrected chi connectivity index (χ4v) is 2.58. The van der Waals surface area contributed by atoms with Crippen molar-refractivity contribution in [3.05, 3.63) is 35.1 Å². The van der Waals surface area contributed by atoms with E-state index in [0.29, 0.717) is 17.7 Å². The Morgan fingerprint density at radius 1 is 1.58 bits per heavy atom. The number of thiocarbonyl (C=S) groups is 1. The lowest BCUT2D eigenvalue weighted by Crippen LogP contribution is -2.41. The summed E-state index contributed by atoms with van der Waals surface area (Å²) in [7, 11) is 0. The monoisotopic (exact) mass is 282 g/mol. The highest BCUT2D eigenvalue weighted by Gasteiger charge is 2.24. The largest absolute Gasteiger partial charge is 0.393 e. The van der Waals surface area contributed by atoms with Crippen molar-refractivity contribution in [2.45, 2.75) is 26.0 Å². The van der Waals surface area contributed by atoms with E-state index in [1.165, 1.54) is 6.07 Å². The lowest BCUT2D eigenvalue weighted by molar-refractivity contribution is 0.0316. The molecule has 0 spiro atoms. The van der Waals surface area contributed by atoms with Crippen molar-refractivity contribution < 1.29 is 9.50 Å². The van der Waals surface area contributed by atoms with E-state index in [1.807, 2.05) is 6.92 Å². The maximum absolute atomic E-state index is 13.8. The first-order valence-electron chi connectivity index (χ1n) is 6.46. The first-order valence-corrected chi connectivity index (χ1v) is 6.87. The average Bonchev–Trinajstić information content (AvgIpc) is 2.36. The van der Waals surface area contributed by atoms with Crippen LogP contribution in [-0.2, 0) is 6.54 Å². The van der Waals surface area contributed by atoms with Crippen LogP contribution in [0.1, 0.15) is 24.5 Å². The summed E-state index contributed by atoms with van der Waals surface area (Å²) in [6.07, 6.45) is 0.488. The Morgan fingerprint density at radius 2 is 2.32 bits per heavy atom. The summed E-state index contributed by atoms with van der Waals surface area (Å²) in [6.45, 7) is 4.10. The third kappa shape index (κ3) is 3.49. The lowest BCUT2D eigenvalue weighted by Gasteiger charge is -2.34. The number of halogens is 1. The molecule has 2 rings (SSSR count). The predicted octanol–water partition coefficient (Wildman–Crippen LogP) is 1.66. The van der Waals surface area contributed by atoms with Gasteiger partial charge in [0.05, 0.1) is 6.10 Å². The van der Waals surface area contributed by atoms with Crippen LogP contribution in [0.25, 0.3) is 0 Å². The average molecular weight is 282 g/mol. The minimum Gasteiger partial charge on any atom is -0.393 e. The van der Waals surface area contributed by atoms with Gasteiger partial charge in [0.15, 0.2) is 0 Å². The minimum atomic E-state index is -0.246. The van der Waals surface area contributed by atoms with Gasteiger partial charge in [0.2, 0.25) is 0 Å². The van der Waals surface area contributed by atoms with Crippen molar-refractivity contribution in [2.75, 3.05) is 13.1 Å². The van der Waals surface area contributed by atoms with Crippen molar-refractivity contribution in [2.24, 2.45) is 11.7 Å². The molecular weight excluding hydrogens is 263 g/mol. The number of piperidine rings is 1. The molecule has 1 saturated heterocycles. The topological polar surface area (TPSA) is 49.5 Å². The third-order valence-electron chi connectivity index (χ3n) is 3.67. The summed E-state index contributed by atoms with van der Waals surface area (Å²) < 4.78 is 13.8. The minimum absolute atomic E-state index is 0.218. The van der Waals surface area contributed by atoms with E-state index in [9.17, 15) is 9.50 Å². The SMILES string of the molecule is CC1CN(Cc2cc(C(N)=S)ccc2F)CCC1O. The number of aliphatic hydroxyl groups excluding tert-OH is 1. The summed E-state index contributed by atoms with van der Waals surface area (Å²) in [4.78, 5) is 2.43. The van der Waals surface area contributed by atoms with Crippen LogP contribution in [0.4, 0.5) is 4.39 Å². The van der Waals surface area contributed by atoms with Crippen molar-refractivity contribution >= 4 is 17.2 Å². The predicted molar refractivity (Wildman–Crippen MR) is 77.4 cm³/mol. The number of likely N-dealkylation sites (tertiary alicyclic amines) is 1. The van der Waals surface area contributed by atoms with Crippen LogP contribution in [0.3, 0.4) is 0 Å². The van der Waals surface area contributed by atoms with Crippen LogP contribution in [0.2, 0.25) is 0 Å². The lowest BCUT2D eigenvalue weighted by atomic mass is 9.96. The van der Waals surface area contributed by atoms with Crippen LogP contribution in [-0.4, -0.2) is 34.2 Å². The Hall–Kier alpha value is -1.04. The molecule has 3 N–H and O–H groups in total. The zero-order chi connectivity index (χ0) is 14.0. The van der Waals surface area contributed by atoms with Gasteiger partial charge in [-0.05, 0) is 30.5 Å². The number of rotatable bonds is 3. The molecule has 2 unspecified atom stereocenters. The summed E-state index contributed by atoms with van der Waals surface area (Å²) in [5.41, 5.74) is 6.87. The second-order valence-electron chi connectivity index (χ2n) is 5.24. The van der Waals surface area contributed by atoms with Gasteiger partial charge < -0.3 is 10.8 Å². The van der Waals surface area contributed by atoms with Crippen LogP contribution in [0.15, 0.2) is 18.2 Å². The maximum Gasteiger partial charge on any atom is 0.127 e. The Morgan fingerprint density at radius 3 is 2.95 bits per heavy atom. The highest BCUT2D eigenvalue weighted by molar-refractivity contribution is 7.80. The van der Waals surface area contributed by atoms with Crippen molar-refractivity contribution in [3.63, 3.8) is 0 Å². The van der Waals surface area contributed by atoms with Gasteiger partial charge in [0.1, 0.15) is 10.8 Å². The molecule has 0 amide bonds. The molecule has 0 bridgehead atoms. The molecule has 1 fully saturated rings. The molecule has 19 heavy (non-hydrogen) atoms. The van der Waals surface area contributed by atoms with Crippen LogP contribution in [0.5, 0.6) is 0 Å². The zero-order valence-corrected chi connectivity index (χ0v) is 11.8. The smallest absolute Gasteiger partial charge is 0.127 e.